The van der Waals surface area contributed by atoms with E-state index in [-0.39, 0.29) is 0 Å². The Morgan fingerprint density at radius 2 is 1.72 bits per heavy atom. The Bertz CT molecular complexity index is 412. The number of hydrogen-bond donors (Lipinski definition) is 1. The average molecular weight is 387 g/mol. The van der Waals surface area contributed by atoms with Gasteiger partial charge in [0.15, 0.2) is 0 Å². The maximum absolute atomic E-state index is 10.6. The highest BCUT2D eigenvalue weighted by Gasteiger charge is 2.47. The summed E-state index contributed by atoms with van der Waals surface area (Å²) in [4.78, 5) is 10.6. The number of hydrogen-bond acceptors (Lipinski definition) is 4. The van der Waals surface area contributed by atoms with Crippen LogP contribution in [-0.4, -0.2) is 45.8 Å². The van der Waals surface area contributed by atoms with E-state index in [1.807, 2.05) is 11.8 Å². The second kappa shape index (κ2) is 10.5. The molecule has 5 heteroatoms. The lowest BCUT2D eigenvalue weighted by Gasteiger charge is -2.28. The molecule has 0 radical (unpaired) electrons. The third kappa shape index (κ3) is 6.07. The fourth-order valence-electron chi connectivity index (χ4n) is 4.80. The normalized spacial score (nSPS) is 32.3. The van der Waals surface area contributed by atoms with E-state index in [1.54, 1.807) is 0 Å². The van der Waals surface area contributed by atoms with Crippen molar-refractivity contribution < 1.29 is 14.6 Å². The topological polar surface area (TPSA) is 46.5 Å². The zero-order valence-electron chi connectivity index (χ0n) is 15.4. The number of aliphatic carboxylic acids is 1. The SMILES string of the molecule is O=C(O)CCCCSC[C@@H]1[C@H](CCSC2CCCCC2)[C@@H]2CC[C@H]1O2. The highest BCUT2D eigenvalue weighted by molar-refractivity contribution is 7.99. The summed E-state index contributed by atoms with van der Waals surface area (Å²) in [6.45, 7) is 0. The molecule has 0 aromatic rings. The van der Waals surface area contributed by atoms with E-state index in [2.05, 4.69) is 11.8 Å². The van der Waals surface area contributed by atoms with Crippen molar-refractivity contribution in [3.8, 4) is 0 Å². The fourth-order valence-corrected chi connectivity index (χ4v) is 7.52. The Labute approximate surface area is 161 Å². The van der Waals surface area contributed by atoms with Crippen LogP contribution >= 0.6 is 23.5 Å². The van der Waals surface area contributed by atoms with Gasteiger partial charge in [0, 0.05) is 11.7 Å². The lowest BCUT2D eigenvalue weighted by molar-refractivity contribution is -0.137. The molecule has 1 aliphatic carbocycles. The highest BCUT2D eigenvalue weighted by Crippen LogP contribution is 2.47. The number of thioether (sulfide) groups is 2. The quantitative estimate of drug-likeness (QED) is 0.493. The first-order valence-electron chi connectivity index (χ1n) is 10.3. The van der Waals surface area contributed by atoms with Crippen LogP contribution in [-0.2, 0) is 9.53 Å². The molecule has 0 spiro atoms. The van der Waals surface area contributed by atoms with Crippen LogP contribution < -0.4 is 0 Å². The first-order chi connectivity index (χ1) is 12.2. The van der Waals surface area contributed by atoms with Crippen LogP contribution in [0.1, 0.15) is 70.6 Å². The monoisotopic (exact) mass is 386 g/mol. The molecule has 3 fully saturated rings. The molecule has 2 saturated heterocycles. The molecular formula is C20H34O3S2. The Kier molecular flexibility index (Phi) is 8.32. The molecule has 0 aromatic heterocycles. The van der Waals surface area contributed by atoms with Gasteiger partial charge in [0.25, 0.3) is 0 Å². The van der Waals surface area contributed by atoms with E-state index in [1.165, 1.54) is 62.9 Å². The minimum atomic E-state index is -0.665. The third-order valence-corrected chi connectivity index (χ3v) is 8.80. The largest absolute Gasteiger partial charge is 0.481 e. The lowest BCUT2D eigenvalue weighted by Crippen LogP contribution is -2.29. The summed E-state index contributed by atoms with van der Waals surface area (Å²) in [7, 11) is 0. The van der Waals surface area contributed by atoms with Crippen molar-refractivity contribution in [2.24, 2.45) is 11.8 Å². The maximum atomic E-state index is 10.6. The third-order valence-electron chi connectivity index (χ3n) is 6.19. The van der Waals surface area contributed by atoms with Crippen LogP contribution in [0.5, 0.6) is 0 Å². The molecule has 1 saturated carbocycles. The average Bonchev–Trinajstić information content (AvgIpc) is 3.21. The fraction of sp³-hybridized carbons (Fsp3) is 0.950. The first kappa shape index (κ1) is 19.9. The van der Waals surface area contributed by atoms with E-state index >= 15 is 0 Å². The Hall–Kier alpha value is 0.130. The first-order valence-corrected chi connectivity index (χ1v) is 12.5. The number of unbranched alkanes of at least 4 members (excludes halogenated alkanes) is 1. The molecule has 1 N–H and O–H groups in total. The van der Waals surface area contributed by atoms with Gasteiger partial charge in [-0.25, -0.2) is 0 Å². The van der Waals surface area contributed by atoms with Crippen molar-refractivity contribution in [2.75, 3.05) is 17.3 Å². The summed E-state index contributed by atoms with van der Waals surface area (Å²) in [6, 6.07) is 0. The summed E-state index contributed by atoms with van der Waals surface area (Å²) in [5, 5.41) is 9.63. The molecule has 3 aliphatic rings. The molecule has 2 aliphatic heterocycles. The standard InChI is InChI=1S/C20H34O3S2/c21-20(22)8-4-5-12-24-14-17-16(18-9-10-19(17)23-18)11-13-25-15-6-2-1-3-7-15/h15-19H,1-14H2,(H,21,22)/t16-,17+,18-,19+/m0/s1. The number of ether oxygens (including phenoxy) is 1. The maximum Gasteiger partial charge on any atom is 0.303 e. The van der Waals surface area contributed by atoms with Gasteiger partial charge in [-0.2, -0.15) is 23.5 Å². The minimum Gasteiger partial charge on any atom is -0.481 e. The molecule has 0 amide bonds. The van der Waals surface area contributed by atoms with Gasteiger partial charge in [-0.1, -0.05) is 19.3 Å². The van der Waals surface area contributed by atoms with Crippen molar-refractivity contribution in [1.82, 2.24) is 0 Å². The summed E-state index contributed by atoms with van der Waals surface area (Å²) >= 11 is 4.26. The molecule has 3 nitrogen and oxygen atoms in total. The van der Waals surface area contributed by atoms with Crippen molar-refractivity contribution >= 4 is 29.5 Å². The molecule has 2 heterocycles. The summed E-state index contributed by atoms with van der Waals surface area (Å²) in [5.41, 5.74) is 0. The van der Waals surface area contributed by atoms with E-state index in [9.17, 15) is 4.79 Å². The van der Waals surface area contributed by atoms with E-state index < -0.39 is 5.97 Å². The molecule has 0 unspecified atom stereocenters. The predicted octanol–water partition coefficient (Wildman–Crippen LogP) is 5.22. The van der Waals surface area contributed by atoms with Gasteiger partial charge in [0.05, 0.1) is 12.2 Å². The van der Waals surface area contributed by atoms with Crippen LogP contribution in [0.15, 0.2) is 0 Å². The molecule has 144 valence electrons. The van der Waals surface area contributed by atoms with Gasteiger partial charge in [-0.3, -0.25) is 4.79 Å². The number of carbonyl (C=O) groups is 1. The van der Waals surface area contributed by atoms with Crippen LogP contribution in [0.3, 0.4) is 0 Å². The van der Waals surface area contributed by atoms with Gasteiger partial charge in [-0.15, -0.1) is 0 Å². The molecule has 2 bridgehead atoms. The zero-order valence-corrected chi connectivity index (χ0v) is 17.0. The number of fused-ring (bicyclic) bond motifs is 2. The van der Waals surface area contributed by atoms with Gasteiger partial charge in [-0.05, 0) is 74.0 Å². The van der Waals surface area contributed by atoms with Gasteiger partial charge in [0.2, 0.25) is 0 Å². The second-order valence-electron chi connectivity index (χ2n) is 7.96. The summed E-state index contributed by atoms with van der Waals surface area (Å²) in [6.07, 6.45) is 14.3. The van der Waals surface area contributed by atoms with Crippen molar-refractivity contribution in [1.29, 1.82) is 0 Å². The van der Waals surface area contributed by atoms with Gasteiger partial charge in [0.1, 0.15) is 0 Å². The second-order valence-corrected chi connectivity index (χ2v) is 10.5. The Morgan fingerprint density at radius 3 is 2.48 bits per heavy atom. The van der Waals surface area contributed by atoms with Gasteiger partial charge >= 0.3 is 5.97 Å². The Morgan fingerprint density at radius 1 is 0.960 bits per heavy atom. The van der Waals surface area contributed by atoms with E-state index in [0.717, 1.165) is 35.7 Å². The molecule has 3 rings (SSSR count). The van der Waals surface area contributed by atoms with E-state index in [4.69, 9.17) is 9.84 Å². The van der Waals surface area contributed by atoms with Crippen LogP contribution in [0.2, 0.25) is 0 Å². The van der Waals surface area contributed by atoms with Crippen LogP contribution in [0, 0.1) is 11.8 Å². The highest BCUT2D eigenvalue weighted by atomic mass is 32.2. The predicted molar refractivity (Wildman–Crippen MR) is 108 cm³/mol. The molecule has 0 aromatic carbocycles. The molecule has 25 heavy (non-hydrogen) atoms. The van der Waals surface area contributed by atoms with Crippen molar-refractivity contribution in [3.63, 3.8) is 0 Å². The Balaban J connectivity index is 1.33. The van der Waals surface area contributed by atoms with Crippen LogP contribution in [0.4, 0.5) is 0 Å². The number of carboxylic acid groups (broad SMARTS) is 1. The van der Waals surface area contributed by atoms with Crippen molar-refractivity contribution in [2.45, 2.75) is 88.1 Å². The zero-order chi connectivity index (χ0) is 17.5. The molecule has 4 atom stereocenters. The summed E-state index contributed by atoms with van der Waals surface area (Å²) in [5.74, 6) is 4.50. The smallest absolute Gasteiger partial charge is 0.303 e. The number of carboxylic acids is 1. The summed E-state index contributed by atoms with van der Waals surface area (Å²) < 4.78 is 6.25. The van der Waals surface area contributed by atoms with Gasteiger partial charge < -0.3 is 9.84 Å². The molecular weight excluding hydrogens is 352 g/mol. The lowest BCUT2D eigenvalue weighted by atomic mass is 9.79. The van der Waals surface area contributed by atoms with Crippen LogP contribution in [0.25, 0.3) is 0 Å². The minimum absolute atomic E-state index is 0.318. The van der Waals surface area contributed by atoms with E-state index in [0.29, 0.717) is 18.6 Å². The number of rotatable bonds is 11. The van der Waals surface area contributed by atoms with Crippen molar-refractivity contribution in [3.05, 3.63) is 0 Å².